The van der Waals surface area contributed by atoms with Gasteiger partial charge in [0, 0.05) is 22.9 Å². The molecule has 0 bridgehead atoms. The normalized spacial score (nSPS) is 19.8. The lowest BCUT2D eigenvalue weighted by atomic mass is 10.1. The number of amides is 3. The number of aryl methyl sites for hydroxylation is 1. The summed E-state index contributed by atoms with van der Waals surface area (Å²) in [4.78, 5) is 26.5. The average Bonchev–Trinajstić information content (AvgIpc) is 2.87. The van der Waals surface area contributed by atoms with Crippen LogP contribution >= 0.6 is 11.6 Å². The number of nitrogens with one attached hydrogen (secondary N) is 2. The van der Waals surface area contributed by atoms with Gasteiger partial charge in [-0.05, 0) is 36.8 Å². The highest BCUT2D eigenvalue weighted by Gasteiger charge is 2.38. The van der Waals surface area contributed by atoms with E-state index in [1.165, 1.54) is 0 Å². The molecule has 0 radical (unpaired) electrons. The fourth-order valence-electron chi connectivity index (χ4n) is 2.93. The van der Waals surface area contributed by atoms with Crippen molar-refractivity contribution in [2.45, 2.75) is 19.9 Å². The second kappa shape index (κ2) is 7.15. The molecule has 2 unspecified atom stereocenters. The number of para-hydroxylation sites is 1. The van der Waals surface area contributed by atoms with Gasteiger partial charge in [0.15, 0.2) is 0 Å². The number of urea groups is 1. The molecule has 2 aromatic carbocycles. The number of rotatable bonds is 3. The van der Waals surface area contributed by atoms with Crippen molar-refractivity contribution in [1.82, 2.24) is 5.32 Å². The number of hydrogen-bond donors (Lipinski definition) is 2. The van der Waals surface area contributed by atoms with Crippen molar-refractivity contribution >= 4 is 34.9 Å². The molecule has 1 aliphatic rings. The molecule has 2 atom stereocenters. The van der Waals surface area contributed by atoms with Crippen molar-refractivity contribution < 1.29 is 9.59 Å². The monoisotopic (exact) mass is 357 g/mol. The molecule has 25 heavy (non-hydrogen) atoms. The summed E-state index contributed by atoms with van der Waals surface area (Å²) in [6, 6.07) is 14.2. The standard InChI is InChI=1S/C19H20ClN3O2/c1-12-8-9-14(20)10-16(12)21-19(25)22-17-11-23(18(24)13(17)2)15-6-4-3-5-7-15/h3-10,13,17H,11H2,1-2H3,(H2,21,22,25). The van der Waals surface area contributed by atoms with Crippen LogP contribution in [-0.2, 0) is 4.79 Å². The molecule has 0 aromatic heterocycles. The molecule has 1 fully saturated rings. The minimum atomic E-state index is -0.343. The zero-order chi connectivity index (χ0) is 18.0. The molecule has 0 saturated carbocycles. The lowest BCUT2D eigenvalue weighted by molar-refractivity contribution is -0.120. The largest absolute Gasteiger partial charge is 0.333 e. The Labute approximate surface area is 152 Å². The second-order valence-electron chi connectivity index (χ2n) is 6.24. The fraction of sp³-hybridized carbons (Fsp3) is 0.263. The first kappa shape index (κ1) is 17.3. The molecule has 0 spiro atoms. The van der Waals surface area contributed by atoms with Crippen molar-refractivity contribution in [1.29, 1.82) is 0 Å². The minimum absolute atomic E-state index is 0.00966. The second-order valence-corrected chi connectivity index (χ2v) is 6.67. The highest BCUT2D eigenvalue weighted by molar-refractivity contribution is 6.31. The van der Waals surface area contributed by atoms with Crippen LogP contribution in [0.4, 0.5) is 16.2 Å². The Hall–Kier alpha value is -2.53. The quantitative estimate of drug-likeness (QED) is 0.877. The van der Waals surface area contributed by atoms with Crippen LogP contribution in [0, 0.1) is 12.8 Å². The van der Waals surface area contributed by atoms with Crippen molar-refractivity contribution in [3.05, 3.63) is 59.1 Å². The summed E-state index contributed by atoms with van der Waals surface area (Å²) in [5.41, 5.74) is 2.41. The van der Waals surface area contributed by atoms with Gasteiger partial charge in [-0.2, -0.15) is 0 Å². The molecule has 1 aliphatic heterocycles. The Kier molecular flexibility index (Phi) is 4.95. The zero-order valence-electron chi connectivity index (χ0n) is 14.1. The minimum Gasteiger partial charge on any atom is -0.333 e. The highest BCUT2D eigenvalue weighted by Crippen LogP contribution is 2.25. The summed E-state index contributed by atoms with van der Waals surface area (Å²) < 4.78 is 0. The number of carbonyl (C=O) groups excluding carboxylic acids is 2. The first-order valence-electron chi connectivity index (χ1n) is 8.16. The number of hydrogen-bond acceptors (Lipinski definition) is 2. The van der Waals surface area contributed by atoms with Crippen LogP contribution in [0.3, 0.4) is 0 Å². The molecule has 0 aliphatic carbocycles. The Morgan fingerprint density at radius 3 is 2.64 bits per heavy atom. The van der Waals surface area contributed by atoms with Crippen LogP contribution < -0.4 is 15.5 Å². The molecule has 3 rings (SSSR count). The molecule has 1 saturated heterocycles. The number of nitrogens with zero attached hydrogens (tertiary/aromatic N) is 1. The van der Waals surface area contributed by atoms with Crippen molar-refractivity contribution in [2.75, 3.05) is 16.8 Å². The third-order valence-electron chi connectivity index (χ3n) is 4.47. The van der Waals surface area contributed by atoms with Gasteiger partial charge in [0.2, 0.25) is 5.91 Å². The molecule has 2 N–H and O–H groups in total. The van der Waals surface area contributed by atoms with Gasteiger partial charge in [-0.25, -0.2) is 4.79 Å². The van der Waals surface area contributed by atoms with E-state index in [0.717, 1.165) is 11.3 Å². The van der Waals surface area contributed by atoms with E-state index < -0.39 is 0 Å². The SMILES string of the molecule is Cc1ccc(Cl)cc1NC(=O)NC1CN(c2ccccc2)C(=O)C1C. The molecule has 6 heteroatoms. The Morgan fingerprint density at radius 1 is 1.20 bits per heavy atom. The van der Waals surface area contributed by atoms with E-state index in [-0.39, 0.29) is 23.9 Å². The van der Waals surface area contributed by atoms with Crippen LogP contribution in [0.15, 0.2) is 48.5 Å². The van der Waals surface area contributed by atoms with E-state index in [4.69, 9.17) is 11.6 Å². The van der Waals surface area contributed by atoms with Gasteiger partial charge in [-0.3, -0.25) is 4.79 Å². The number of halogens is 1. The Bertz CT molecular complexity index is 795. The van der Waals surface area contributed by atoms with Crippen LogP contribution in [0.5, 0.6) is 0 Å². The maximum atomic E-state index is 12.5. The van der Waals surface area contributed by atoms with E-state index in [0.29, 0.717) is 17.3 Å². The van der Waals surface area contributed by atoms with E-state index in [1.807, 2.05) is 50.2 Å². The predicted molar refractivity (Wildman–Crippen MR) is 100 cm³/mol. The molecule has 3 amide bonds. The van der Waals surface area contributed by atoms with Crippen molar-refractivity contribution in [2.24, 2.45) is 5.92 Å². The maximum Gasteiger partial charge on any atom is 0.319 e. The first-order chi connectivity index (χ1) is 12.0. The highest BCUT2D eigenvalue weighted by atomic mass is 35.5. The van der Waals surface area contributed by atoms with Crippen molar-refractivity contribution in [3.8, 4) is 0 Å². The summed E-state index contributed by atoms with van der Waals surface area (Å²) in [5.74, 6) is -0.276. The third kappa shape index (κ3) is 3.77. The van der Waals surface area contributed by atoms with Gasteiger partial charge < -0.3 is 15.5 Å². The average molecular weight is 358 g/mol. The topological polar surface area (TPSA) is 61.4 Å². The van der Waals surface area contributed by atoms with Gasteiger partial charge in [0.05, 0.1) is 12.0 Å². The fourth-order valence-corrected chi connectivity index (χ4v) is 3.10. The van der Waals surface area contributed by atoms with Gasteiger partial charge in [-0.1, -0.05) is 42.8 Å². The van der Waals surface area contributed by atoms with Crippen molar-refractivity contribution in [3.63, 3.8) is 0 Å². The van der Waals surface area contributed by atoms with Crippen LogP contribution in [0.25, 0.3) is 0 Å². The lowest BCUT2D eigenvalue weighted by Gasteiger charge is -2.18. The molecule has 1 heterocycles. The van der Waals surface area contributed by atoms with Gasteiger partial charge in [0.1, 0.15) is 0 Å². The molecular formula is C19H20ClN3O2. The number of anilines is 2. The van der Waals surface area contributed by atoms with E-state index in [2.05, 4.69) is 10.6 Å². The van der Waals surface area contributed by atoms with Crippen LogP contribution in [0.1, 0.15) is 12.5 Å². The smallest absolute Gasteiger partial charge is 0.319 e. The lowest BCUT2D eigenvalue weighted by Crippen LogP contribution is -2.42. The predicted octanol–water partition coefficient (Wildman–Crippen LogP) is 3.82. The number of benzene rings is 2. The molecule has 5 nitrogen and oxygen atoms in total. The Morgan fingerprint density at radius 2 is 1.92 bits per heavy atom. The first-order valence-corrected chi connectivity index (χ1v) is 8.53. The van der Waals surface area contributed by atoms with E-state index >= 15 is 0 Å². The van der Waals surface area contributed by atoms with Gasteiger partial charge in [0.25, 0.3) is 0 Å². The van der Waals surface area contributed by atoms with Crippen LogP contribution in [-0.4, -0.2) is 24.5 Å². The van der Waals surface area contributed by atoms with Crippen LogP contribution in [0.2, 0.25) is 5.02 Å². The molecule has 130 valence electrons. The zero-order valence-corrected chi connectivity index (χ0v) is 14.9. The van der Waals surface area contributed by atoms with E-state index in [1.54, 1.807) is 17.0 Å². The molecule has 2 aromatic rings. The van der Waals surface area contributed by atoms with E-state index in [9.17, 15) is 9.59 Å². The summed E-state index contributed by atoms with van der Waals surface area (Å²) >= 11 is 5.98. The van der Waals surface area contributed by atoms with Gasteiger partial charge in [-0.15, -0.1) is 0 Å². The maximum absolute atomic E-state index is 12.5. The van der Waals surface area contributed by atoms with Gasteiger partial charge >= 0.3 is 6.03 Å². The summed E-state index contributed by atoms with van der Waals surface area (Å²) in [6.07, 6.45) is 0. The molecular weight excluding hydrogens is 338 g/mol. The number of carbonyl (C=O) groups is 2. The third-order valence-corrected chi connectivity index (χ3v) is 4.71. The summed E-state index contributed by atoms with van der Waals surface area (Å²) in [6.45, 7) is 4.18. The summed E-state index contributed by atoms with van der Waals surface area (Å²) in [5, 5.41) is 6.26. The summed E-state index contributed by atoms with van der Waals surface area (Å²) in [7, 11) is 0. The Balaban J connectivity index is 1.67.